The van der Waals surface area contributed by atoms with E-state index in [-0.39, 0.29) is 29.0 Å². The van der Waals surface area contributed by atoms with Crippen LogP contribution in [0.5, 0.6) is 0 Å². The van der Waals surface area contributed by atoms with E-state index in [1.165, 1.54) is 0 Å². The standard InChI is InChI=1S/C24H24N2O5/c1-14(2)21(26-22(28)17-9-5-6-10-18(17)23(26)29)24(30)31-13-20(27)25-15(3)12-16-8-4-7-11-19(16)25/h4-11,14-15,21H,12-13H2,1-3H3/t15-,21+/m1/s1. The normalized spacial score (nSPS) is 18.3. The van der Waals surface area contributed by atoms with Crippen molar-refractivity contribution in [2.24, 2.45) is 5.92 Å². The van der Waals surface area contributed by atoms with Gasteiger partial charge in [-0.15, -0.1) is 0 Å². The first kappa shape index (κ1) is 20.8. The Labute approximate surface area is 180 Å². The molecule has 0 saturated carbocycles. The molecule has 2 heterocycles. The van der Waals surface area contributed by atoms with Crippen molar-refractivity contribution in [2.75, 3.05) is 11.5 Å². The van der Waals surface area contributed by atoms with Gasteiger partial charge in [-0.2, -0.15) is 0 Å². The number of hydrogen-bond acceptors (Lipinski definition) is 5. The van der Waals surface area contributed by atoms with E-state index >= 15 is 0 Å². The number of esters is 1. The molecule has 3 amide bonds. The number of hydrogen-bond donors (Lipinski definition) is 0. The Balaban J connectivity index is 1.49. The van der Waals surface area contributed by atoms with Gasteiger partial charge in [-0.25, -0.2) is 4.79 Å². The fourth-order valence-electron chi connectivity index (χ4n) is 4.37. The molecule has 0 radical (unpaired) electrons. The van der Waals surface area contributed by atoms with Gasteiger partial charge >= 0.3 is 5.97 Å². The lowest BCUT2D eigenvalue weighted by atomic mass is 10.0. The highest BCUT2D eigenvalue weighted by atomic mass is 16.5. The SMILES string of the molecule is CC(C)[C@@H](C(=O)OCC(=O)N1c2ccccc2C[C@H]1C)N1C(=O)c2ccccc2C1=O. The molecule has 160 valence electrons. The lowest BCUT2D eigenvalue weighted by Crippen LogP contribution is -2.49. The fraction of sp³-hybridized carbons (Fsp3) is 0.333. The second-order valence-electron chi connectivity index (χ2n) is 8.27. The van der Waals surface area contributed by atoms with Crippen molar-refractivity contribution in [3.8, 4) is 0 Å². The van der Waals surface area contributed by atoms with Gasteiger partial charge in [0.1, 0.15) is 6.04 Å². The van der Waals surface area contributed by atoms with Crippen molar-refractivity contribution in [2.45, 2.75) is 39.3 Å². The van der Waals surface area contributed by atoms with Crippen LogP contribution in [-0.2, 0) is 20.7 Å². The number of imide groups is 1. The number of ether oxygens (including phenoxy) is 1. The number of rotatable bonds is 5. The van der Waals surface area contributed by atoms with Crippen LogP contribution in [-0.4, -0.2) is 47.3 Å². The van der Waals surface area contributed by atoms with Crippen LogP contribution in [0, 0.1) is 5.92 Å². The molecule has 31 heavy (non-hydrogen) atoms. The number of carbonyl (C=O) groups excluding carboxylic acids is 4. The first-order valence-electron chi connectivity index (χ1n) is 10.3. The number of anilines is 1. The molecule has 2 aliphatic heterocycles. The largest absolute Gasteiger partial charge is 0.454 e. The molecule has 0 N–H and O–H groups in total. The highest BCUT2D eigenvalue weighted by molar-refractivity contribution is 6.22. The first-order chi connectivity index (χ1) is 14.8. The summed E-state index contributed by atoms with van der Waals surface area (Å²) in [5, 5.41) is 0. The molecule has 0 aliphatic carbocycles. The first-order valence-corrected chi connectivity index (χ1v) is 10.3. The molecule has 2 aliphatic rings. The Kier molecular flexibility index (Phi) is 5.35. The monoisotopic (exact) mass is 420 g/mol. The molecular weight excluding hydrogens is 396 g/mol. The summed E-state index contributed by atoms with van der Waals surface area (Å²) in [7, 11) is 0. The van der Waals surface area contributed by atoms with E-state index < -0.39 is 30.4 Å². The van der Waals surface area contributed by atoms with E-state index in [2.05, 4.69) is 0 Å². The predicted molar refractivity (Wildman–Crippen MR) is 114 cm³/mol. The highest BCUT2D eigenvalue weighted by Gasteiger charge is 2.45. The topological polar surface area (TPSA) is 84.0 Å². The fourth-order valence-corrected chi connectivity index (χ4v) is 4.37. The summed E-state index contributed by atoms with van der Waals surface area (Å²) >= 11 is 0. The molecule has 2 atom stereocenters. The minimum absolute atomic E-state index is 0.0410. The number of fused-ring (bicyclic) bond motifs is 2. The maximum atomic E-state index is 12.9. The minimum Gasteiger partial charge on any atom is -0.454 e. The van der Waals surface area contributed by atoms with Gasteiger partial charge < -0.3 is 9.64 Å². The highest BCUT2D eigenvalue weighted by Crippen LogP contribution is 2.32. The van der Waals surface area contributed by atoms with Gasteiger partial charge in [-0.3, -0.25) is 19.3 Å². The number of para-hydroxylation sites is 1. The van der Waals surface area contributed by atoms with E-state index in [9.17, 15) is 19.2 Å². The molecule has 2 aromatic rings. The number of benzene rings is 2. The maximum Gasteiger partial charge on any atom is 0.330 e. The summed E-state index contributed by atoms with van der Waals surface area (Å²) in [5.41, 5.74) is 2.42. The number of amides is 3. The zero-order chi connectivity index (χ0) is 22.3. The van der Waals surface area contributed by atoms with Crippen molar-refractivity contribution >= 4 is 29.4 Å². The van der Waals surface area contributed by atoms with Crippen molar-refractivity contribution in [3.05, 3.63) is 65.2 Å². The van der Waals surface area contributed by atoms with Crippen molar-refractivity contribution in [3.63, 3.8) is 0 Å². The zero-order valence-corrected chi connectivity index (χ0v) is 17.7. The summed E-state index contributed by atoms with van der Waals surface area (Å²) in [6.07, 6.45) is 0.736. The third-order valence-electron chi connectivity index (χ3n) is 5.79. The van der Waals surface area contributed by atoms with E-state index in [4.69, 9.17) is 4.74 Å². The zero-order valence-electron chi connectivity index (χ0n) is 17.7. The van der Waals surface area contributed by atoms with Crippen molar-refractivity contribution in [1.29, 1.82) is 0 Å². The third-order valence-corrected chi connectivity index (χ3v) is 5.79. The number of nitrogens with zero attached hydrogens (tertiary/aromatic N) is 2. The van der Waals surface area contributed by atoms with Gasteiger partial charge in [-0.1, -0.05) is 44.2 Å². The van der Waals surface area contributed by atoms with E-state index in [1.54, 1.807) is 43.0 Å². The molecule has 0 bridgehead atoms. The smallest absolute Gasteiger partial charge is 0.330 e. The Morgan fingerprint density at radius 1 is 1.00 bits per heavy atom. The Bertz CT molecular complexity index is 1040. The second kappa shape index (κ2) is 7.98. The van der Waals surface area contributed by atoms with E-state index in [0.717, 1.165) is 22.6 Å². The molecule has 7 heteroatoms. The molecule has 0 unspecified atom stereocenters. The molecule has 7 nitrogen and oxygen atoms in total. The summed E-state index contributed by atoms with van der Waals surface area (Å²) in [4.78, 5) is 54.0. The maximum absolute atomic E-state index is 12.9. The molecule has 2 aromatic carbocycles. The second-order valence-corrected chi connectivity index (χ2v) is 8.27. The van der Waals surface area contributed by atoms with Gasteiger partial charge in [0.05, 0.1) is 11.1 Å². The summed E-state index contributed by atoms with van der Waals surface area (Å²) in [6.45, 7) is 4.95. The van der Waals surface area contributed by atoms with Gasteiger partial charge in [0.2, 0.25) is 0 Å². The average molecular weight is 420 g/mol. The lowest BCUT2D eigenvalue weighted by Gasteiger charge is -2.28. The van der Waals surface area contributed by atoms with Crippen LogP contribution in [0.4, 0.5) is 5.69 Å². The molecule has 0 aromatic heterocycles. The van der Waals surface area contributed by atoms with Crippen LogP contribution in [0.25, 0.3) is 0 Å². The van der Waals surface area contributed by atoms with Gasteiger partial charge in [0, 0.05) is 11.7 Å². The molecule has 0 saturated heterocycles. The average Bonchev–Trinajstić information content (AvgIpc) is 3.21. The quantitative estimate of drug-likeness (QED) is 0.549. The Morgan fingerprint density at radius 3 is 2.19 bits per heavy atom. The van der Waals surface area contributed by atoms with Crippen LogP contribution in [0.1, 0.15) is 47.1 Å². The van der Waals surface area contributed by atoms with E-state index in [0.29, 0.717) is 0 Å². The lowest BCUT2D eigenvalue weighted by molar-refractivity contribution is -0.153. The van der Waals surface area contributed by atoms with Crippen LogP contribution in [0.15, 0.2) is 48.5 Å². The summed E-state index contributed by atoms with van der Waals surface area (Å²) < 4.78 is 5.33. The molecule has 0 fully saturated rings. The van der Waals surface area contributed by atoms with Crippen LogP contribution >= 0.6 is 0 Å². The third kappa shape index (κ3) is 3.50. The Hall–Kier alpha value is -3.48. The van der Waals surface area contributed by atoms with Crippen LogP contribution in [0.3, 0.4) is 0 Å². The van der Waals surface area contributed by atoms with Crippen molar-refractivity contribution < 1.29 is 23.9 Å². The van der Waals surface area contributed by atoms with Gasteiger partial charge in [0.15, 0.2) is 6.61 Å². The van der Waals surface area contributed by atoms with Gasteiger partial charge in [-0.05, 0) is 43.0 Å². The molecule has 4 rings (SSSR count). The van der Waals surface area contributed by atoms with Crippen molar-refractivity contribution in [1.82, 2.24) is 4.90 Å². The Morgan fingerprint density at radius 2 is 1.58 bits per heavy atom. The van der Waals surface area contributed by atoms with Gasteiger partial charge in [0.25, 0.3) is 17.7 Å². The van der Waals surface area contributed by atoms with Crippen LogP contribution < -0.4 is 4.90 Å². The summed E-state index contributed by atoms with van der Waals surface area (Å²) in [5.74, 6) is -2.53. The summed E-state index contributed by atoms with van der Waals surface area (Å²) in [6, 6.07) is 12.9. The molecular formula is C24H24N2O5. The number of carbonyl (C=O) groups is 4. The predicted octanol–water partition coefficient (Wildman–Crippen LogP) is 2.83. The molecule has 0 spiro atoms. The van der Waals surface area contributed by atoms with Crippen LogP contribution in [0.2, 0.25) is 0 Å². The van der Waals surface area contributed by atoms with E-state index in [1.807, 2.05) is 31.2 Å². The minimum atomic E-state index is -1.11.